The second-order valence-corrected chi connectivity index (χ2v) is 8.17. The van der Waals surface area contributed by atoms with Gasteiger partial charge in [-0.1, -0.05) is 17.3 Å². The van der Waals surface area contributed by atoms with Crippen LogP contribution < -0.4 is 0 Å². The SMILES string of the molecule is CN(C)/C=N\c1ncnc2c1c(-c1cnc(C(F)(F)F)nc1)cn2Cc1cn(-c2ccccc2F)nn1. The van der Waals surface area contributed by atoms with Crippen LogP contribution >= 0.6 is 0 Å². The standard InChI is InChI=1S/C23H18F4N10/c1-35(2)13-32-20-19-16(14-7-28-22(29-8-14)23(25,26)27)11-36(21(19)31-12-30-20)9-15-10-37(34-33-15)18-6-4-3-5-17(18)24/h3-8,10-13H,9H2,1-2H3/b32-13-. The smallest absolute Gasteiger partial charge is 0.369 e. The lowest BCUT2D eigenvalue weighted by Gasteiger charge is -2.06. The first-order chi connectivity index (χ1) is 17.7. The average Bonchev–Trinajstić information content (AvgIpc) is 3.48. The van der Waals surface area contributed by atoms with Crippen LogP contribution in [0.2, 0.25) is 0 Å². The van der Waals surface area contributed by atoms with Crippen molar-refractivity contribution in [3.8, 4) is 16.8 Å². The van der Waals surface area contributed by atoms with Gasteiger partial charge in [0.25, 0.3) is 0 Å². The average molecular weight is 510 g/mol. The molecule has 0 bridgehead atoms. The highest BCUT2D eigenvalue weighted by molar-refractivity contribution is 6.00. The fraction of sp³-hybridized carbons (Fsp3) is 0.174. The Hall–Kier alpha value is -4.75. The highest BCUT2D eigenvalue weighted by atomic mass is 19.4. The van der Waals surface area contributed by atoms with Crippen LogP contribution in [0, 0.1) is 5.82 Å². The number of para-hydroxylation sites is 1. The molecule has 0 unspecified atom stereocenters. The molecule has 0 radical (unpaired) electrons. The number of aliphatic imine (C=N–C) groups is 1. The van der Waals surface area contributed by atoms with E-state index in [9.17, 15) is 17.6 Å². The summed E-state index contributed by atoms with van der Waals surface area (Å²) in [6.45, 7) is 0.181. The molecule has 0 atom stereocenters. The molecule has 0 fully saturated rings. The van der Waals surface area contributed by atoms with Gasteiger partial charge in [0.2, 0.25) is 5.82 Å². The molecule has 0 aliphatic rings. The lowest BCUT2D eigenvalue weighted by atomic mass is 10.1. The zero-order chi connectivity index (χ0) is 26.2. The summed E-state index contributed by atoms with van der Waals surface area (Å²) >= 11 is 0. The molecule has 0 N–H and O–H groups in total. The predicted molar refractivity (Wildman–Crippen MR) is 126 cm³/mol. The molecule has 4 aromatic heterocycles. The Bertz CT molecular complexity index is 1590. The van der Waals surface area contributed by atoms with Crippen molar-refractivity contribution in [3.63, 3.8) is 0 Å². The van der Waals surface area contributed by atoms with Crippen molar-refractivity contribution >= 4 is 23.2 Å². The molecule has 37 heavy (non-hydrogen) atoms. The van der Waals surface area contributed by atoms with Crippen molar-refractivity contribution in [3.05, 3.63) is 72.7 Å². The number of hydrogen-bond acceptors (Lipinski definition) is 7. The Morgan fingerprint density at radius 3 is 2.49 bits per heavy atom. The van der Waals surface area contributed by atoms with Crippen LogP contribution in [-0.2, 0) is 12.7 Å². The molecule has 14 heteroatoms. The number of aromatic nitrogens is 8. The highest BCUT2D eigenvalue weighted by Gasteiger charge is 2.34. The zero-order valence-corrected chi connectivity index (χ0v) is 19.5. The maximum absolute atomic E-state index is 14.2. The van der Waals surface area contributed by atoms with E-state index in [2.05, 4.69) is 35.2 Å². The van der Waals surface area contributed by atoms with Crippen LogP contribution in [0.25, 0.3) is 27.8 Å². The van der Waals surface area contributed by atoms with Gasteiger partial charge < -0.3 is 9.47 Å². The summed E-state index contributed by atoms with van der Waals surface area (Å²) in [5, 5.41) is 8.64. The molecule has 4 heterocycles. The summed E-state index contributed by atoms with van der Waals surface area (Å²) in [7, 11) is 3.58. The minimum absolute atomic E-state index is 0.181. The fourth-order valence-electron chi connectivity index (χ4n) is 3.63. The maximum Gasteiger partial charge on any atom is 0.451 e. The number of alkyl halides is 3. The van der Waals surface area contributed by atoms with Crippen LogP contribution in [0.15, 0.2) is 60.4 Å². The zero-order valence-electron chi connectivity index (χ0n) is 19.5. The van der Waals surface area contributed by atoms with E-state index < -0.39 is 17.8 Å². The fourth-order valence-corrected chi connectivity index (χ4v) is 3.63. The largest absolute Gasteiger partial charge is 0.451 e. The lowest BCUT2D eigenvalue weighted by molar-refractivity contribution is -0.144. The van der Waals surface area contributed by atoms with E-state index in [4.69, 9.17) is 0 Å². The molecule has 0 aliphatic heterocycles. The first-order valence-electron chi connectivity index (χ1n) is 10.8. The van der Waals surface area contributed by atoms with Crippen molar-refractivity contribution in [2.75, 3.05) is 14.1 Å². The third kappa shape index (κ3) is 4.85. The second-order valence-electron chi connectivity index (χ2n) is 8.17. The topological polar surface area (TPSA) is 103 Å². The van der Waals surface area contributed by atoms with Crippen LogP contribution in [0.1, 0.15) is 11.5 Å². The van der Waals surface area contributed by atoms with Crippen molar-refractivity contribution < 1.29 is 17.6 Å². The molecule has 5 aromatic rings. The lowest BCUT2D eigenvalue weighted by Crippen LogP contribution is -2.10. The monoisotopic (exact) mass is 510 g/mol. The minimum Gasteiger partial charge on any atom is -0.369 e. The van der Waals surface area contributed by atoms with Crippen molar-refractivity contribution in [1.82, 2.24) is 44.4 Å². The quantitative estimate of drug-likeness (QED) is 0.194. The summed E-state index contributed by atoms with van der Waals surface area (Å²) in [6.07, 6.45) is 3.67. The van der Waals surface area contributed by atoms with Gasteiger partial charge in [0, 0.05) is 43.8 Å². The van der Waals surface area contributed by atoms with Gasteiger partial charge in [0.1, 0.15) is 29.2 Å². The van der Waals surface area contributed by atoms with Gasteiger partial charge in [0.05, 0.1) is 24.5 Å². The van der Waals surface area contributed by atoms with E-state index in [1.54, 1.807) is 60.5 Å². The molecule has 0 aliphatic carbocycles. The first-order valence-corrected chi connectivity index (χ1v) is 10.8. The summed E-state index contributed by atoms with van der Waals surface area (Å²) in [5.74, 6) is -1.39. The maximum atomic E-state index is 14.2. The summed E-state index contributed by atoms with van der Waals surface area (Å²) < 4.78 is 56.2. The number of benzene rings is 1. The van der Waals surface area contributed by atoms with Crippen molar-refractivity contribution in [2.24, 2.45) is 4.99 Å². The number of hydrogen-bond donors (Lipinski definition) is 0. The summed E-state index contributed by atoms with van der Waals surface area (Å²) in [6, 6.07) is 6.15. The molecule has 10 nitrogen and oxygen atoms in total. The van der Waals surface area contributed by atoms with Gasteiger partial charge in [0.15, 0.2) is 5.82 Å². The molecule has 0 amide bonds. The van der Waals surface area contributed by atoms with Crippen molar-refractivity contribution in [2.45, 2.75) is 12.7 Å². The van der Waals surface area contributed by atoms with E-state index >= 15 is 0 Å². The van der Waals surface area contributed by atoms with Crippen molar-refractivity contribution in [1.29, 1.82) is 0 Å². The Labute approximate surface area is 207 Å². The van der Waals surface area contributed by atoms with Gasteiger partial charge in [-0.3, -0.25) is 0 Å². The van der Waals surface area contributed by atoms with Gasteiger partial charge >= 0.3 is 6.18 Å². The van der Waals surface area contributed by atoms with Crippen LogP contribution in [-0.4, -0.2) is 64.8 Å². The molecular formula is C23H18F4N10. The molecule has 0 saturated carbocycles. The Morgan fingerprint density at radius 2 is 1.78 bits per heavy atom. The number of fused-ring (bicyclic) bond motifs is 1. The molecular weight excluding hydrogens is 492 g/mol. The summed E-state index contributed by atoms with van der Waals surface area (Å²) in [5.41, 5.74) is 1.99. The van der Waals surface area contributed by atoms with Crippen LogP contribution in [0.3, 0.4) is 0 Å². The minimum atomic E-state index is -4.67. The first kappa shape index (κ1) is 24.0. The highest BCUT2D eigenvalue weighted by Crippen LogP contribution is 2.35. The second kappa shape index (κ2) is 9.37. The Balaban J connectivity index is 1.60. The van der Waals surface area contributed by atoms with Gasteiger partial charge in [-0.15, -0.1) is 5.10 Å². The van der Waals surface area contributed by atoms with E-state index in [-0.39, 0.29) is 12.2 Å². The van der Waals surface area contributed by atoms with Gasteiger partial charge in [-0.05, 0) is 12.1 Å². The van der Waals surface area contributed by atoms with E-state index in [0.717, 1.165) is 12.4 Å². The van der Waals surface area contributed by atoms with E-state index in [1.807, 2.05) is 0 Å². The van der Waals surface area contributed by atoms with Gasteiger partial charge in [-0.25, -0.2) is 34.0 Å². The van der Waals surface area contributed by atoms with Crippen LogP contribution in [0.4, 0.5) is 23.4 Å². The van der Waals surface area contributed by atoms with Gasteiger partial charge in [-0.2, -0.15) is 13.2 Å². The Morgan fingerprint density at radius 1 is 1.03 bits per heavy atom. The Kier molecular flexibility index (Phi) is 6.07. The number of nitrogens with zero attached hydrogens (tertiary/aromatic N) is 10. The molecule has 1 aromatic carbocycles. The number of rotatable bonds is 6. The van der Waals surface area contributed by atoms with E-state index in [0.29, 0.717) is 33.7 Å². The normalized spacial score (nSPS) is 12.1. The third-order valence-corrected chi connectivity index (χ3v) is 5.23. The molecule has 0 spiro atoms. The predicted octanol–water partition coefficient (Wildman–Crippen LogP) is 3.90. The van der Waals surface area contributed by atoms with E-state index in [1.165, 1.54) is 17.1 Å². The molecule has 188 valence electrons. The van der Waals surface area contributed by atoms with Crippen LogP contribution in [0.5, 0.6) is 0 Å². The molecule has 0 saturated heterocycles. The molecule has 5 rings (SSSR count). The summed E-state index contributed by atoms with van der Waals surface area (Å²) in [4.78, 5) is 21.7. The third-order valence-electron chi connectivity index (χ3n) is 5.23. The number of halogens is 4.